The number of rotatable bonds is 18. The van der Waals surface area contributed by atoms with Gasteiger partial charge in [0.2, 0.25) is 0 Å². The first-order chi connectivity index (χ1) is 21.0. The summed E-state index contributed by atoms with van der Waals surface area (Å²) in [6.45, 7) is 2.56. The number of carboxylic acid groups (broad SMARTS) is 2. The van der Waals surface area contributed by atoms with Gasteiger partial charge >= 0.3 is 11.9 Å². The van der Waals surface area contributed by atoms with Crippen LogP contribution >= 0.6 is 0 Å². The number of aliphatic carboxylic acids is 1. The molecule has 0 saturated carbocycles. The second-order valence-corrected chi connectivity index (χ2v) is 11.0. The van der Waals surface area contributed by atoms with Gasteiger partial charge < -0.3 is 14.9 Å². The number of hydrogen-bond donors (Lipinski definition) is 2. The fourth-order valence-electron chi connectivity index (χ4n) is 5.12. The van der Waals surface area contributed by atoms with Crippen LogP contribution in [0.3, 0.4) is 0 Å². The average molecular weight is 580 g/mol. The van der Waals surface area contributed by atoms with E-state index in [0.29, 0.717) is 26.1 Å². The molecule has 0 aliphatic carbocycles. The second kappa shape index (κ2) is 17.0. The number of carbonyl (C=O) groups is 2. The Bertz CT molecular complexity index is 1390. The van der Waals surface area contributed by atoms with E-state index in [1.807, 2.05) is 36.4 Å². The molecule has 4 aromatic rings. The van der Waals surface area contributed by atoms with E-state index < -0.39 is 11.9 Å². The summed E-state index contributed by atoms with van der Waals surface area (Å²) >= 11 is 0. The van der Waals surface area contributed by atoms with E-state index in [1.165, 1.54) is 11.1 Å². The molecule has 4 aromatic carbocycles. The number of nitrogens with zero attached hydrogens (tertiary/aromatic N) is 1. The van der Waals surface area contributed by atoms with Gasteiger partial charge in [0.1, 0.15) is 0 Å². The van der Waals surface area contributed by atoms with Crippen LogP contribution in [0.25, 0.3) is 0 Å². The summed E-state index contributed by atoms with van der Waals surface area (Å²) in [6.07, 6.45) is 4.36. The van der Waals surface area contributed by atoms with E-state index in [9.17, 15) is 14.7 Å². The highest BCUT2D eigenvalue weighted by Gasteiger charge is 2.18. The van der Waals surface area contributed by atoms with Crippen molar-refractivity contribution in [3.05, 3.63) is 143 Å². The van der Waals surface area contributed by atoms with Gasteiger partial charge in [0, 0.05) is 19.5 Å². The van der Waals surface area contributed by atoms with Crippen LogP contribution in [0.15, 0.2) is 109 Å². The van der Waals surface area contributed by atoms with E-state index in [0.717, 1.165) is 48.9 Å². The molecule has 0 amide bonds. The number of benzene rings is 4. The lowest BCUT2D eigenvalue weighted by molar-refractivity contribution is -0.137. The van der Waals surface area contributed by atoms with Gasteiger partial charge in [0.25, 0.3) is 0 Å². The third-order valence-electron chi connectivity index (χ3n) is 7.59. The minimum absolute atomic E-state index is 0.170. The van der Waals surface area contributed by atoms with Gasteiger partial charge in [0.15, 0.2) is 0 Å². The molecule has 1 atom stereocenters. The fraction of sp³-hybridized carbons (Fsp3) is 0.297. The first-order valence-corrected chi connectivity index (χ1v) is 15.0. The molecule has 0 radical (unpaired) electrons. The van der Waals surface area contributed by atoms with Crippen LogP contribution in [0, 0.1) is 0 Å². The van der Waals surface area contributed by atoms with Crippen LogP contribution in [-0.4, -0.2) is 40.1 Å². The number of carboxylic acids is 2. The Balaban J connectivity index is 1.41. The van der Waals surface area contributed by atoms with Gasteiger partial charge in [-0.05, 0) is 72.2 Å². The van der Waals surface area contributed by atoms with Crippen LogP contribution in [0.1, 0.15) is 70.0 Å². The topological polar surface area (TPSA) is 87.1 Å². The summed E-state index contributed by atoms with van der Waals surface area (Å²) in [5.41, 5.74) is 6.14. The molecule has 224 valence electrons. The summed E-state index contributed by atoms with van der Waals surface area (Å²) in [4.78, 5) is 24.6. The highest BCUT2D eigenvalue weighted by atomic mass is 16.5. The third-order valence-corrected chi connectivity index (χ3v) is 7.59. The Kier molecular flexibility index (Phi) is 12.5. The quantitative estimate of drug-likeness (QED) is 0.118. The predicted molar refractivity (Wildman–Crippen MR) is 169 cm³/mol. The minimum atomic E-state index is -0.941. The smallest absolute Gasteiger partial charge is 0.335 e. The predicted octanol–water partition coefficient (Wildman–Crippen LogP) is 7.58. The Morgan fingerprint density at radius 1 is 0.651 bits per heavy atom. The zero-order valence-electron chi connectivity index (χ0n) is 24.6. The lowest BCUT2D eigenvalue weighted by atomic mass is 10.0. The van der Waals surface area contributed by atoms with E-state index in [-0.39, 0.29) is 18.1 Å². The second-order valence-electron chi connectivity index (χ2n) is 11.0. The van der Waals surface area contributed by atoms with Crippen LogP contribution in [-0.2, 0) is 35.5 Å². The van der Waals surface area contributed by atoms with Gasteiger partial charge in [-0.3, -0.25) is 9.69 Å². The molecule has 0 aliphatic rings. The van der Waals surface area contributed by atoms with Crippen molar-refractivity contribution >= 4 is 11.9 Å². The van der Waals surface area contributed by atoms with Gasteiger partial charge in [0.05, 0.1) is 18.3 Å². The van der Waals surface area contributed by atoms with Crippen molar-refractivity contribution in [2.45, 2.75) is 57.8 Å². The van der Waals surface area contributed by atoms with Crippen molar-refractivity contribution in [1.82, 2.24) is 4.90 Å². The molecule has 0 bridgehead atoms. The average Bonchev–Trinajstić information content (AvgIpc) is 3.03. The molecular weight excluding hydrogens is 538 g/mol. The number of aryl methyl sites for hydroxylation is 2. The molecule has 0 fully saturated rings. The first kappa shape index (κ1) is 31.7. The van der Waals surface area contributed by atoms with Crippen molar-refractivity contribution in [2.24, 2.45) is 0 Å². The van der Waals surface area contributed by atoms with Gasteiger partial charge in [-0.2, -0.15) is 0 Å². The maximum atomic E-state index is 11.3. The monoisotopic (exact) mass is 579 g/mol. The Labute approximate surface area is 254 Å². The number of unbranched alkanes of at least 4 members (excludes halogenated alkanes) is 2. The summed E-state index contributed by atoms with van der Waals surface area (Å²) in [5.74, 6) is -1.71. The molecule has 0 spiro atoms. The maximum Gasteiger partial charge on any atom is 0.335 e. The van der Waals surface area contributed by atoms with E-state index in [2.05, 4.69) is 65.6 Å². The Morgan fingerprint density at radius 3 is 1.86 bits per heavy atom. The minimum Gasteiger partial charge on any atom is -0.481 e. The molecular formula is C37H41NO5. The van der Waals surface area contributed by atoms with Crippen molar-refractivity contribution in [2.75, 3.05) is 13.1 Å². The molecule has 0 aromatic heterocycles. The van der Waals surface area contributed by atoms with Crippen LogP contribution < -0.4 is 0 Å². The summed E-state index contributed by atoms with van der Waals surface area (Å²) < 4.78 is 6.56. The van der Waals surface area contributed by atoms with Crippen molar-refractivity contribution in [3.63, 3.8) is 0 Å². The number of aromatic carboxylic acids is 1. The zero-order chi connectivity index (χ0) is 30.3. The normalized spacial score (nSPS) is 11.8. The molecule has 43 heavy (non-hydrogen) atoms. The van der Waals surface area contributed by atoms with Gasteiger partial charge in [-0.15, -0.1) is 0 Å². The molecule has 0 heterocycles. The van der Waals surface area contributed by atoms with Crippen LogP contribution in [0.5, 0.6) is 0 Å². The standard InChI is InChI=1S/C37H41NO5/c39-36(40)14-8-3-9-25-38(26-31-21-23-34(24-22-31)37(41)42)27-35(33-12-6-2-7-13-33)43-28-32-19-17-30(18-20-32)16-15-29-10-4-1-5-11-29/h1-2,4-7,10-13,17-24,35H,3,8-9,14-16,25-28H2,(H,39,40)(H,41,42). The highest BCUT2D eigenvalue weighted by Crippen LogP contribution is 2.23. The Morgan fingerprint density at radius 2 is 1.23 bits per heavy atom. The summed E-state index contributed by atoms with van der Waals surface area (Å²) in [7, 11) is 0. The lowest BCUT2D eigenvalue weighted by Gasteiger charge is -2.28. The summed E-state index contributed by atoms with van der Waals surface area (Å²) in [5, 5.41) is 18.3. The summed E-state index contributed by atoms with van der Waals surface area (Å²) in [6, 6.07) is 36.4. The molecule has 6 heteroatoms. The van der Waals surface area contributed by atoms with Gasteiger partial charge in [-0.25, -0.2) is 4.79 Å². The van der Waals surface area contributed by atoms with Crippen molar-refractivity contribution in [3.8, 4) is 0 Å². The van der Waals surface area contributed by atoms with E-state index in [1.54, 1.807) is 12.1 Å². The zero-order valence-corrected chi connectivity index (χ0v) is 24.6. The SMILES string of the molecule is O=C(O)CCCCCN(Cc1ccc(C(=O)O)cc1)CC(OCc1ccc(CCc2ccccc2)cc1)c1ccccc1. The number of ether oxygens (including phenoxy) is 1. The molecule has 0 aliphatic heterocycles. The lowest BCUT2D eigenvalue weighted by Crippen LogP contribution is -2.30. The van der Waals surface area contributed by atoms with Crippen LogP contribution in [0.4, 0.5) is 0 Å². The molecule has 6 nitrogen and oxygen atoms in total. The van der Waals surface area contributed by atoms with Crippen LogP contribution in [0.2, 0.25) is 0 Å². The largest absolute Gasteiger partial charge is 0.481 e. The van der Waals surface area contributed by atoms with E-state index in [4.69, 9.17) is 9.84 Å². The molecule has 4 rings (SSSR count). The van der Waals surface area contributed by atoms with E-state index >= 15 is 0 Å². The molecule has 2 N–H and O–H groups in total. The van der Waals surface area contributed by atoms with Crippen molar-refractivity contribution < 1.29 is 24.5 Å². The maximum absolute atomic E-state index is 11.3. The number of hydrogen-bond acceptors (Lipinski definition) is 4. The van der Waals surface area contributed by atoms with Gasteiger partial charge in [-0.1, -0.05) is 103 Å². The first-order valence-electron chi connectivity index (χ1n) is 15.0. The fourth-order valence-corrected chi connectivity index (χ4v) is 5.12. The molecule has 1 unspecified atom stereocenters. The molecule has 0 saturated heterocycles. The Hall–Kier alpha value is -4.26. The van der Waals surface area contributed by atoms with Crippen molar-refractivity contribution in [1.29, 1.82) is 0 Å². The highest BCUT2D eigenvalue weighted by molar-refractivity contribution is 5.87. The third kappa shape index (κ3) is 11.2.